The molecule has 0 amide bonds. The Bertz CT molecular complexity index is 456. The number of hydrogen-bond donors (Lipinski definition) is 1. The van der Waals surface area contributed by atoms with Crippen molar-refractivity contribution >= 4 is 5.97 Å². The Labute approximate surface area is 104 Å². The lowest BCUT2D eigenvalue weighted by atomic mass is 9.99. The van der Waals surface area contributed by atoms with Crippen molar-refractivity contribution in [2.75, 3.05) is 7.11 Å². The lowest BCUT2D eigenvalue weighted by Gasteiger charge is -2.17. The van der Waals surface area contributed by atoms with Crippen LogP contribution < -0.4 is 4.74 Å². The van der Waals surface area contributed by atoms with Crippen LogP contribution in [-0.2, 0) is 11.2 Å². The largest absolute Gasteiger partial charge is 0.496 e. The van der Waals surface area contributed by atoms with Crippen molar-refractivity contribution < 1.29 is 23.4 Å². The molecule has 1 rings (SSSR count). The van der Waals surface area contributed by atoms with Crippen molar-refractivity contribution in [3.05, 3.63) is 28.8 Å². The maximum atomic E-state index is 13.5. The molecule has 1 aromatic carbocycles. The first-order chi connectivity index (χ1) is 8.25. The van der Waals surface area contributed by atoms with E-state index >= 15 is 0 Å². The average molecular weight is 258 g/mol. The molecule has 0 fully saturated rings. The number of aliphatic carboxylic acids is 1. The van der Waals surface area contributed by atoms with Gasteiger partial charge in [0.1, 0.15) is 12.2 Å². The van der Waals surface area contributed by atoms with Gasteiger partial charge in [-0.25, -0.2) is 8.78 Å². The normalized spacial score (nSPS) is 11.4. The molecule has 0 spiro atoms. The van der Waals surface area contributed by atoms with Crippen LogP contribution in [0.2, 0.25) is 0 Å². The highest BCUT2D eigenvalue weighted by atomic mass is 19.3. The predicted octanol–water partition coefficient (Wildman–Crippen LogP) is 2.96. The van der Waals surface area contributed by atoms with Crippen LogP contribution in [0.1, 0.15) is 23.1 Å². The van der Waals surface area contributed by atoms with E-state index in [1.165, 1.54) is 7.11 Å². The van der Waals surface area contributed by atoms with Gasteiger partial charge < -0.3 is 9.84 Å². The molecule has 5 heteroatoms. The number of carbonyl (C=O) groups is 1. The summed E-state index contributed by atoms with van der Waals surface area (Å²) >= 11 is 0. The number of aryl methyl sites for hydroxylation is 2. The molecule has 0 heterocycles. The molecule has 0 aliphatic heterocycles. The summed E-state index contributed by atoms with van der Waals surface area (Å²) in [4.78, 5) is 10.4. The van der Waals surface area contributed by atoms with Gasteiger partial charge >= 0.3 is 5.97 Å². The number of hydrogen-bond acceptors (Lipinski definition) is 2. The first-order valence-electron chi connectivity index (χ1n) is 5.49. The van der Waals surface area contributed by atoms with E-state index in [1.807, 2.05) is 13.8 Å². The molecule has 1 aromatic rings. The molecular weight excluding hydrogens is 242 g/mol. The van der Waals surface area contributed by atoms with E-state index in [2.05, 4.69) is 0 Å². The smallest absolute Gasteiger partial charge is 0.309 e. The molecule has 0 aliphatic rings. The third kappa shape index (κ3) is 3.68. The van der Waals surface area contributed by atoms with Gasteiger partial charge in [0.15, 0.2) is 0 Å². The number of carboxylic acid groups (broad SMARTS) is 1. The van der Waals surface area contributed by atoms with Gasteiger partial charge in [0.2, 0.25) is 0 Å². The van der Waals surface area contributed by atoms with Gasteiger partial charge in [-0.1, -0.05) is 6.07 Å². The lowest BCUT2D eigenvalue weighted by molar-refractivity contribution is -0.144. The summed E-state index contributed by atoms with van der Waals surface area (Å²) in [6.45, 7) is 3.67. The molecule has 0 radical (unpaired) electrons. The van der Waals surface area contributed by atoms with Gasteiger partial charge in [-0.05, 0) is 31.0 Å². The SMILES string of the molecule is COc1cc(C)c(C)cc1CC(F)(F)CC(=O)O. The second-order valence-electron chi connectivity index (χ2n) is 4.35. The second-order valence-corrected chi connectivity index (χ2v) is 4.35. The molecule has 0 aromatic heterocycles. The molecule has 3 nitrogen and oxygen atoms in total. The number of alkyl halides is 2. The Morgan fingerprint density at radius 3 is 2.39 bits per heavy atom. The third-order valence-electron chi connectivity index (χ3n) is 2.76. The van der Waals surface area contributed by atoms with E-state index in [9.17, 15) is 13.6 Å². The zero-order valence-electron chi connectivity index (χ0n) is 10.6. The molecule has 0 atom stereocenters. The Kier molecular flexibility index (Phi) is 4.27. The first-order valence-corrected chi connectivity index (χ1v) is 5.49. The van der Waals surface area contributed by atoms with Crippen LogP contribution in [0, 0.1) is 13.8 Å². The zero-order valence-corrected chi connectivity index (χ0v) is 10.6. The van der Waals surface area contributed by atoms with Crippen LogP contribution in [0.3, 0.4) is 0 Å². The fourth-order valence-corrected chi connectivity index (χ4v) is 1.74. The van der Waals surface area contributed by atoms with Gasteiger partial charge in [0.25, 0.3) is 5.92 Å². The van der Waals surface area contributed by atoms with Crippen molar-refractivity contribution in [1.29, 1.82) is 0 Å². The van der Waals surface area contributed by atoms with Crippen molar-refractivity contribution in [2.24, 2.45) is 0 Å². The minimum Gasteiger partial charge on any atom is -0.496 e. The summed E-state index contributed by atoms with van der Waals surface area (Å²) in [6.07, 6.45) is -1.81. The summed E-state index contributed by atoms with van der Waals surface area (Å²) in [5.41, 5.74) is 2.14. The van der Waals surface area contributed by atoms with Crippen LogP contribution >= 0.6 is 0 Å². The number of rotatable bonds is 5. The van der Waals surface area contributed by atoms with Crippen LogP contribution in [0.25, 0.3) is 0 Å². The average Bonchev–Trinajstić information content (AvgIpc) is 2.20. The molecule has 100 valence electrons. The number of methoxy groups -OCH3 is 1. The van der Waals surface area contributed by atoms with Crippen LogP contribution in [-0.4, -0.2) is 24.1 Å². The van der Waals surface area contributed by atoms with Crippen molar-refractivity contribution in [1.82, 2.24) is 0 Å². The van der Waals surface area contributed by atoms with Crippen molar-refractivity contribution in [3.63, 3.8) is 0 Å². The maximum Gasteiger partial charge on any atom is 0.309 e. The first kappa shape index (κ1) is 14.4. The van der Waals surface area contributed by atoms with Gasteiger partial charge in [-0.2, -0.15) is 0 Å². The number of ether oxygens (including phenoxy) is 1. The zero-order chi connectivity index (χ0) is 13.9. The topological polar surface area (TPSA) is 46.5 Å². The van der Waals surface area contributed by atoms with Gasteiger partial charge in [-0.3, -0.25) is 4.79 Å². The predicted molar refractivity (Wildman–Crippen MR) is 63.4 cm³/mol. The number of benzene rings is 1. The summed E-state index contributed by atoms with van der Waals surface area (Å²) in [5, 5.41) is 8.44. The van der Waals surface area contributed by atoms with E-state index in [0.29, 0.717) is 11.3 Å². The van der Waals surface area contributed by atoms with Gasteiger partial charge in [-0.15, -0.1) is 0 Å². The quantitative estimate of drug-likeness (QED) is 0.883. The third-order valence-corrected chi connectivity index (χ3v) is 2.76. The fraction of sp³-hybridized carbons (Fsp3) is 0.462. The molecule has 18 heavy (non-hydrogen) atoms. The molecule has 0 saturated carbocycles. The lowest BCUT2D eigenvalue weighted by Crippen LogP contribution is -2.24. The van der Waals surface area contributed by atoms with Gasteiger partial charge in [0, 0.05) is 12.0 Å². The standard InChI is InChI=1S/C13H16F2O3/c1-8-4-10(11(18-3)5-9(8)2)6-13(14,15)7-12(16)17/h4-5H,6-7H2,1-3H3,(H,16,17). The fourth-order valence-electron chi connectivity index (χ4n) is 1.74. The minimum absolute atomic E-state index is 0.326. The van der Waals surface area contributed by atoms with Crippen molar-refractivity contribution in [3.8, 4) is 5.75 Å². The molecule has 0 bridgehead atoms. The van der Waals surface area contributed by atoms with Crippen LogP contribution in [0.5, 0.6) is 5.75 Å². The second kappa shape index (κ2) is 5.33. The van der Waals surface area contributed by atoms with E-state index in [4.69, 9.17) is 9.84 Å². The summed E-state index contributed by atoms with van der Waals surface area (Å²) in [7, 11) is 1.41. The highest BCUT2D eigenvalue weighted by Crippen LogP contribution is 2.30. The summed E-state index contributed by atoms with van der Waals surface area (Å²) in [5.74, 6) is -4.42. The van der Waals surface area contributed by atoms with E-state index in [0.717, 1.165) is 11.1 Å². The van der Waals surface area contributed by atoms with Crippen LogP contribution in [0.4, 0.5) is 8.78 Å². The highest BCUT2D eigenvalue weighted by molar-refractivity contribution is 5.68. The molecule has 0 unspecified atom stereocenters. The maximum absolute atomic E-state index is 13.5. The summed E-state index contributed by atoms with van der Waals surface area (Å²) < 4.78 is 32.0. The Morgan fingerprint density at radius 1 is 1.33 bits per heavy atom. The number of halogens is 2. The molecule has 0 saturated heterocycles. The van der Waals surface area contributed by atoms with Crippen molar-refractivity contribution in [2.45, 2.75) is 32.6 Å². The van der Waals surface area contributed by atoms with E-state index in [-0.39, 0.29) is 0 Å². The Hall–Kier alpha value is -1.65. The molecule has 0 aliphatic carbocycles. The molecular formula is C13H16F2O3. The Balaban J connectivity index is 3.03. The van der Waals surface area contributed by atoms with Crippen LogP contribution in [0.15, 0.2) is 12.1 Å². The Morgan fingerprint density at radius 2 is 1.89 bits per heavy atom. The van der Waals surface area contributed by atoms with E-state index in [1.54, 1.807) is 12.1 Å². The summed E-state index contributed by atoms with van der Waals surface area (Å²) in [6, 6.07) is 3.30. The van der Waals surface area contributed by atoms with Gasteiger partial charge in [0.05, 0.1) is 7.11 Å². The molecule has 1 N–H and O–H groups in total. The number of carboxylic acids is 1. The van der Waals surface area contributed by atoms with E-state index < -0.39 is 24.7 Å². The minimum atomic E-state index is -3.28. The highest BCUT2D eigenvalue weighted by Gasteiger charge is 2.33. The monoisotopic (exact) mass is 258 g/mol.